The van der Waals surface area contributed by atoms with Crippen LogP contribution in [0.1, 0.15) is 18.1 Å². The highest BCUT2D eigenvalue weighted by atomic mass is 19.1. The van der Waals surface area contributed by atoms with E-state index in [0.29, 0.717) is 12.0 Å². The Morgan fingerprint density at radius 2 is 2.00 bits per heavy atom. The molecular weight excluding hydrogens is 215 g/mol. The third-order valence-corrected chi connectivity index (χ3v) is 1.98. The van der Waals surface area contributed by atoms with Gasteiger partial charge in [0, 0.05) is 6.61 Å². The molecule has 2 N–H and O–H groups in total. The lowest BCUT2D eigenvalue weighted by Gasteiger charge is -2.13. The zero-order valence-corrected chi connectivity index (χ0v) is 8.60. The molecule has 1 unspecified atom stereocenters. The molecule has 1 atom stereocenters. The Hall–Kier alpha value is -1.46. The monoisotopic (exact) mass is 228 g/mol. The van der Waals surface area contributed by atoms with Crippen LogP contribution in [-0.2, 0) is 9.53 Å². The number of benzene rings is 1. The minimum absolute atomic E-state index is 0.0598. The summed E-state index contributed by atoms with van der Waals surface area (Å²) >= 11 is 0. The highest BCUT2D eigenvalue weighted by Crippen LogP contribution is 2.18. The average molecular weight is 228 g/mol. The van der Waals surface area contributed by atoms with Crippen LogP contribution in [-0.4, -0.2) is 29.4 Å². The molecule has 1 aromatic carbocycles. The number of carboxylic acid groups (broad SMARTS) is 1. The van der Waals surface area contributed by atoms with E-state index in [-0.39, 0.29) is 13.2 Å². The highest BCUT2D eigenvalue weighted by molar-refractivity contribution is 5.74. The zero-order valence-electron chi connectivity index (χ0n) is 8.60. The molecule has 0 bridgehead atoms. The molecule has 0 spiro atoms. The lowest BCUT2D eigenvalue weighted by atomic mass is 10.1. The Labute approximate surface area is 92.3 Å². The van der Waals surface area contributed by atoms with Crippen LogP contribution in [0.25, 0.3) is 0 Å². The number of ether oxygens (including phenoxy) is 1. The molecule has 16 heavy (non-hydrogen) atoms. The summed E-state index contributed by atoms with van der Waals surface area (Å²) in [6, 6.07) is 5.10. The van der Waals surface area contributed by atoms with Crippen molar-refractivity contribution in [3.05, 3.63) is 35.6 Å². The van der Waals surface area contributed by atoms with Crippen LogP contribution in [0, 0.1) is 5.82 Å². The maximum Gasteiger partial charge on any atom is 0.337 e. The first-order valence-corrected chi connectivity index (χ1v) is 4.86. The predicted octanol–water partition coefficient (Wildman–Crippen LogP) is 1.35. The number of aliphatic hydroxyl groups is 1. The molecule has 88 valence electrons. The molecule has 1 rings (SSSR count). The first-order chi connectivity index (χ1) is 7.65. The van der Waals surface area contributed by atoms with Crippen LogP contribution in [0.4, 0.5) is 4.39 Å². The minimum atomic E-state index is -1.13. The van der Waals surface area contributed by atoms with Crippen molar-refractivity contribution in [2.24, 2.45) is 0 Å². The Morgan fingerprint density at radius 3 is 2.50 bits per heavy atom. The van der Waals surface area contributed by atoms with Gasteiger partial charge in [0.15, 0.2) is 6.10 Å². The number of hydrogen-bond donors (Lipinski definition) is 2. The Bertz CT molecular complexity index is 336. The maximum absolute atomic E-state index is 12.6. The van der Waals surface area contributed by atoms with Crippen molar-refractivity contribution >= 4 is 5.97 Å². The van der Waals surface area contributed by atoms with Gasteiger partial charge in [-0.15, -0.1) is 0 Å². The number of halogens is 1. The summed E-state index contributed by atoms with van der Waals surface area (Å²) < 4.78 is 17.7. The van der Waals surface area contributed by atoms with Crippen molar-refractivity contribution in [2.75, 3.05) is 13.2 Å². The van der Waals surface area contributed by atoms with E-state index in [1.165, 1.54) is 24.3 Å². The third-order valence-electron chi connectivity index (χ3n) is 1.98. The van der Waals surface area contributed by atoms with Crippen molar-refractivity contribution in [1.82, 2.24) is 0 Å². The number of carboxylic acids is 1. The van der Waals surface area contributed by atoms with E-state index in [1.807, 2.05) is 0 Å². The van der Waals surface area contributed by atoms with E-state index in [0.717, 1.165) is 0 Å². The summed E-state index contributed by atoms with van der Waals surface area (Å²) in [5.74, 6) is -1.56. The summed E-state index contributed by atoms with van der Waals surface area (Å²) in [4.78, 5) is 10.9. The van der Waals surface area contributed by atoms with Gasteiger partial charge in [-0.05, 0) is 24.1 Å². The maximum atomic E-state index is 12.6. The minimum Gasteiger partial charge on any atom is -0.479 e. The average Bonchev–Trinajstić information content (AvgIpc) is 2.26. The number of aliphatic hydroxyl groups excluding tert-OH is 1. The summed E-state index contributed by atoms with van der Waals surface area (Å²) in [6.07, 6.45) is -0.752. The lowest BCUT2D eigenvalue weighted by molar-refractivity contribution is -0.151. The van der Waals surface area contributed by atoms with Gasteiger partial charge in [-0.2, -0.15) is 0 Å². The molecule has 5 heteroatoms. The Kier molecular flexibility index (Phi) is 4.88. The molecule has 0 saturated heterocycles. The second kappa shape index (κ2) is 6.19. The molecule has 1 aromatic rings. The molecule has 4 nitrogen and oxygen atoms in total. The zero-order chi connectivity index (χ0) is 12.0. The van der Waals surface area contributed by atoms with Crippen LogP contribution in [0.3, 0.4) is 0 Å². The number of rotatable bonds is 6. The molecule has 0 fully saturated rings. The van der Waals surface area contributed by atoms with E-state index in [1.54, 1.807) is 0 Å². The third kappa shape index (κ3) is 3.60. The molecule has 0 heterocycles. The second-order valence-corrected chi connectivity index (χ2v) is 3.22. The predicted molar refractivity (Wildman–Crippen MR) is 54.4 cm³/mol. The van der Waals surface area contributed by atoms with Crippen molar-refractivity contribution < 1.29 is 24.1 Å². The van der Waals surface area contributed by atoms with Crippen LogP contribution < -0.4 is 0 Å². The van der Waals surface area contributed by atoms with Gasteiger partial charge in [0.1, 0.15) is 5.82 Å². The first kappa shape index (κ1) is 12.6. The lowest BCUT2D eigenvalue weighted by Crippen LogP contribution is -2.16. The van der Waals surface area contributed by atoms with E-state index in [4.69, 9.17) is 14.9 Å². The van der Waals surface area contributed by atoms with E-state index in [9.17, 15) is 9.18 Å². The quantitative estimate of drug-likeness (QED) is 0.721. The second-order valence-electron chi connectivity index (χ2n) is 3.22. The SMILES string of the molecule is O=C(O)C(OCCCO)c1ccc(F)cc1. The first-order valence-electron chi connectivity index (χ1n) is 4.86. The molecule has 0 aliphatic heterocycles. The van der Waals surface area contributed by atoms with Crippen LogP contribution >= 0.6 is 0 Å². The highest BCUT2D eigenvalue weighted by Gasteiger charge is 2.20. The van der Waals surface area contributed by atoms with E-state index < -0.39 is 17.9 Å². The fraction of sp³-hybridized carbons (Fsp3) is 0.364. The molecule has 0 amide bonds. The van der Waals surface area contributed by atoms with Crippen LogP contribution in [0.2, 0.25) is 0 Å². The van der Waals surface area contributed by atoms with Crippen molar-refractivity contribution in [2.45, 2.75) is 12.5 Å². The summed E-state index contributed by atoms with van der Waals surface area (Å²) in [5.41, 5.74) is 0.381. The number of carbonyl (C=O) groups is 1. The van der Waals surface area contributed by atoms with Gasteiger partial charge in [0.2, 0.25) is 0 Å². The molecular formula is C11H13FO4. The normalized spacial score (nSPS) is 12.4. The smallest absolute Gasteiger partial charge is 0.337 e. The van der Waals surface area contributed by atoms with Gasteiger partial charge in [0.25, 0.3) is 0 Å². The molecule has 0 radical (unpaired) electrons. The van der Waals surface area contributed by atoms with Crippen molar-refractivity contribution in [3.8, 4) is 0 Å². The van der Waals surface area contributed by atoms with Gasteiger partial charge in [-0.3, -0.25) is 0 Å². The Balaban J connectivity index is 2.69. The fourth-order valence-electron chi connectivity index (χ4n) is 1.21. The summed E-state index contributed by atoms with van der Waals surface area (Å²) in [5, 5.41) is 17.5. The fourth-order valence-corrected chi connectivity index (χ4v) is 1.21. The summed E-state index contributed by atoms with van der Waals surface area (Å²) in [7, 11) is 0. The van der Waals surface area contributed by atoms with E-state index in [2.05, 4.69) is 0 Å². The molecule has 0 aliphatic rings. The Morgan fingerprint density at radius 1 is 1.38 bits per heavy atom. The number of hydrogen-bond acceptors (Lipinski definition) is 3. The van der Waals surface area contributed by atoms with Gasteiger partial charge >= 0.3 is 5.97 Å². The van der Waals surface area contributed by atoms with Crippen molar-refractivity contribution in [3.63, 3.8) is 0 Å². The van der Waals surface area contributed by atoms with Crippen molar-refractivity contribution in [1.29, 1.82) is 0 Å². The standard InChI is InChI=1S/C11H13FO4/c12-9-4-2-8(3-5-9)10(11(14)15)16-7-1-6-13/h2-5,10,13H,1,6-7H2,(H,14,15). The topological polar surface area (TPSA) is 66.8 Å². The van der Waals surface area contributed by atoms with E-state index >= 15 is 0 Å². The summed E-state index contributed by atoms with van der Waals surface area (Å²) in [6.45, 7) is 0.0839. The van der Waals surface area contributed by atoms with Crippen LogP contribution in [0.15, 0.2) is 24.3 Å². The van der Waals surface area contributed by atoms with Gasteiger partial charge in [-0.25, -0.2) is 9.18 Å². The van der Waals surface area contributed by atoms with Gasteiger partial charge in [0.05, 0.1) is 6.61 Å². The van der Waals surface area contributed by atoms with Crippen LogP contribution in [0.5, 0.6) is 0 Å². The molecule has 0 aromatic heterocycles. The molecule has 0 saturated carbocycles. The van der Waals surface area contributed by atoms with Gasteiger partial charge < -0.3 is 14.9 Å². The largest absolute Gasteiger partial charge is 0.479 e. The number of aliphatic carboxylic acids is 1. The molecule has 0 aliphatic carbocycles. The van der Waals surface area contributed by atoms with Gasteiger partial charge in [-0.1, -0.05) is 12.1 Å².